The summed E-state index contributed by atoms with van der Waals surface area (Å²) in [7, 11) is 0. The molecule has 0 saturated carbocycles. The van der Waals surface area contributed by atoms with Gasteiger partial charge in [0, 0.05) is 30.7 Å². The van der Waals surface area contributed by atoms with Crippen molar-refractivity contribution in [3.05, 3.63) is 30.3 Å². The first-order valence-electron chi connectivity index (χ1n) is 8.23. The maximum Gasteiger partial charge on any atom is 0.407 e. The summed E-state index contributed by atoms with van der Waals surface area (Å²) in [4.78, 5) is 23.6. The van der Waals surface area contributed by atoms with Gasteiger partial charge in [0.2, 0.25) is 5.91 Å². The van der Waals surface area contributed by atoms with Gasteiger partial charge >= 0.3 is 6.09 Å². The lowest BCUT2D eigenvalue weighted by molar-refractivity contribution is -0.116. The normalized spacial score (nSPS) is 13.7. The monoisotopic (exact) mass is 335 g/mol. The minimum atomic E-state index is -0.510. The van der Waals surface area contributed by atoms with Gasteiger partial charge in [0.15, 0.2) is 0 Å². The molecule has 0 radical (unpaired) electrons. The minimum Gasteiger partial charge on any atom is -0.444 e. The van der Waals surface area contributed by atoms with Crippen LogP contribution in [0.25, 0.3) is 0 Å². The minimum absolute atomic E-state index is 0.0100. The van der Waals surface area contributed by atoms with Crippen LogP contribution in [0.1, 0.15) is 41.0 Å². The molecule has 0 bridgehead atoms. The number of alkyl carbamates (subject to hydrolysis) is 1. The zero-order chi connectivity index (χ0) is 18.2. The smallest absolute Gasteiger partial charge is 0.407 e. The van der Waals surface area contributed by atoms with Gasteiger partial charge in [0.25, 0.3) is 0 Å². The highest BCUT2D eigenvalue weighted by Gasteiger charge is 2.17. The van der Waals surface area contributed by atoms with E-state index in [1.807, 2.05) is 65.0 Å². The average molecular weight is 335 g/mol. The highest BCUT2D eigenvalue weighted by atomic mass is 16.6. The van der Waals surface area contributed by atoms with Gasteiger partial charge in [-0.05, 0) is 46.8 Å². The Bertz CT molecular complexity index is 526. The van der Waals surface area contributed by atoms with Crippen molar-refractivity contribution in [1.82, 2.24) is 10.6 Å². The third-order valence-electron chi connectivity index (χ3n) is 3.07. The van der Waals surface area contributed by atoms with Crippen LogP contribution in [-0.2, 0) is 9.53 Å². The van der Waals surface area contributed by atoms with Crippen molar-refractivity contribution >= 4 is 17.7 Å². The Hall–Kier alpha value is -2.08. The van der Waals surface area contributed by atoms with Crippen LogP contribution < -0.4 is 16.0 Å². The lowest BCUT2D eigenvalue weighted by atomic mass is 10.2. The summed E-state index contributed by atoms with van der Waals surface area (Å²) in [6, 6.07) is 9.37. The number of nitrogens with one attached hydrogen (secondary N) is 3. The summed E-state index contributed by atoms with van der Waals surface area (Å²) in [5, 5.41) is 8.85. The third kappa shape index (κ3) is 9.15. The van der Waals surface area contributed by atoms with Crippen molar-refractivity contribution in [2.45, 2.75) is 58.7 Å². The van der Waals surface area contributed by atoms with Crippen molar-refractivity contribution in [3.63, 3.8) is 0 Å². The number of ether oxygens (including phenoxy) is 1. The topological polar surface area (TPSA) is 79.5 Å². The van der Waals surface area contributed by atoms with Gasteiger partial charge in [-0.3, -0.25) is 4.79 Å². The molecule has 1 aromatic rings. The van der Waals surface area contributed by atoms with Crippen molar-refractivity contribution < 1.29 is 14.3 Å². The summed E-state index contributed by atoms with van der Waals surface area (Å²) in [5.74, 6) is -0.0477. The first-order chi connectivity index (χ1) is 11.2. The molecule has 0 aliphatic carbocycles. The molecule has 0 aliphatic rings. The molecule has 24 heavy (non-hydrogen) atoms. The number of rotatable bonds is 7. The third-order valence-corrected chi connectivity index (χ3v) is 3.07. The Morgan fingerprint density at radius 2 is 1.71 bits per heavy atom. The van der Waals surface area contributed by atoms with Crippen LogP contribution >= 0.6 is 0 Å². The van der Waals surface area contributed by atoms with E-state index in [0.29, 0.717) is 13.0 Å². The molecule has 6 nitrogen and oxygen atoms in total. The molecule has 0 aromatic heterocycles. The Morgan fingerprint density at radius 1 is 1.08 bits per heavy atom. The van der Waals surface area contributed by atoms with Crippen LogP contribution in [0, 0.1) is 0 Å². The molecule has 6 heteroatoms. The second kappa shape index (κ2) is 9.27. The van der Waals surface area contributed by atoms with Crippen molar-refractivity contribution in [3.8, 4) is 0 Å². The lowest BCUT2D eigenvalue weighted by Gasteiger charge is -2.23. The molecule has 134 valence electrons. The lowest BCUT2D eigenvalue weighted by Crippen LogP contribution is -2.45. The summed E-state index contributed by atoms with van der Waals surface area (Å²) < 4.78 is 5.18. The summed E-state index contributed by atoms with van der Waals surface area (Å²) >= 11 is 0. The summed E-state index contributed by atoms with van der Waals surface area (Å²) in [6.45, 7) is 9.78. The number of hydrogen-bond donors (Lipinski definition) is 3. The fraction of sp³-hybridized carbons (Fsp3) is 0.556. The number of benzene rings is 1. The van der Waals surface area contributed by atoms with Crippen LogP contribution in [0.15, 0.2) is 30.3 Å². The predicted octanol–water partition coefficient (Wildman–Crippen LogP) is 2.91. The Balaban J connectivity index is 2.27. The molecule has 3 N–H and O–H groups in total. The largest absolute Gasteiger partial charge is 0.444 e. The Kier molecular flexibility index (Phi) is 7.71. The molecule has 0 spiro atoms. The first-order valence-corrected chi connectivity index (χ1v) is 8.23. The van der Waals surface area contributed by atoms with Gasteiger partial charge < -0.3 is 20.7 Å². The average Bonchev–Trinajstić information content (AvgIpc) is 2.44. The van der Waals surface area contributed by atoms with Crippen molar-refractivity contribution in [2.75, 3.05) is 11.9 Å². The van der Waals surface area contributed by atoms with Crippen LogP contribution in [0.2, 0.25) is 0 Å². The van der Waals surface area contributed by atoms with Crippen molar-refractivity contribution in [1.29, 1.82) is 0 Å². The molecule has 2 atom stereocenters. The molecule has 2 unspecified atom stereocenters. The van der Waals surface area contributed by atoms with E-state index in [1.165, 1.54) is 0 Å². The van der Waals surface area contributed by atoms with Crippen LogP contribution in [0.4, 0.5) is 10.5 Å². The van der Waals surface area contributed by atoms with E-state index >= 15 is 0 Å². The molecule has 1 aromatic carbocycles. The van der Waals surface area contributed by atoms with E-state index in [4.69, 9.17) is 4.74 Å². The maximum atomic E-state index is 12.0. The highest BCUT2D eigenvalue weighted by Crippen LogP contribution is 2.07. The molecule has 0 saturated heterocycles. The quantitative estimate of drug-likeness (QED) is 0.716. The molecule has 0 fully saturated rings. The summed E-state index contributed by atoms with van der Waals surface area (Å²) in [5.41, 5.74) is 0.276. The maximum absolute atomic E-state index is 12.0. The van der Waals surface area contributed by atoms with Gasteiger partial charge in [-0.15, -0.1) is 0 Å². The first kappa shape index (κ1) is 20.0. The molecule has 0 aliphatic heterocycles. The Labute approximate surface area is 144 Å². The molecular weight excluding hydrogens is 306 g/mol. The molecular formula is C18H29N3O3. The van der Waals surface area contributed by atoms with Crippen LogP contribution in [0.3, 0.4) is 0 Å². The second-order valence-corrected chi connectivity index (χ2v) is 6.97. The standard InChI is InChI=1S/C18H29N3O3/c1-13(11-16(22)21-15-9-7-6-8-10-15)20-14(2)12-19-17(23)24-18(3,4)5/h6-10,13-14,20H,11-12H2,1-5H3,(H,19,23)(H,21,22). The zero-order valence-corrected chi connectivity index (χ0v) is 15.2. The number of carbonyl (C=O) groups excluding carboxylic acids is 2. The SMILES string of the molecule is CC(CNC(=O)OC(C)(C)C)NC(C)CC(=O)Nc1ccccc1. The van der Waals surface area contributed by atoms with E-state index < -0.39 is 11.7 Å². The van der Waals surface area contributed by atoms with Crippen LogP contribution in [0.5, 0.6) is 0 Å². The van der Waals surface area contributed by atoms with Gasteiger partial charge in [-0.2, -0.15) is 0 Å². The van der Waals surface area contributed by atoms with E-state index in [1.54, 1.807) is 0 Å². The highest BCUT2D eigenvalue weighted by molar-refractivity contribution is 5.91. The van der Waals surface area contributed by atoms with E-state index in [0.717, 1.165) is 5.69 Å². The number of anilines is 1. The van der Waals surface area contributed by atoms with E-state index in [9.17, 15) is 9.59 Å². The number of hydrogen-bond acceptors (Lipinski definition) is 4. The molecule has 2 amide bonds. The van der Waals surface area contributed by atoms with Gasteiger partial charge in [-0.25, -0.2) is 4.79 Å². The fourth-order valence-electron chi connectivity index (χ4n) is 2.17. The number of amides is 2. The fourth-order valence-corrected chi connectivity index (χ4v) is 2.17. The Morgan fingerprint density at radius 3 is 2.29 bits per heavy atom. The zero-order valence-electron chi connectivity index (χ0n) is 15.2. The molecule has 1 rings (SSSR count). The molecule has 0 heterocycles. The van der Waals surface area contributed by atoms with Crippen LogP contribution in [-0.4, -0.2) is 36.2 Å². The van der Waals surface area contributed by atoms with Gasteiger partial charge in [0.05, 0.1) is 0 Å². The predicted molar refractivity (Wildman–Crippen MR) is 96.0 cm³/mol. The van der Waals surface area contributed by atoms with Gasteiger partial charge in [-0.1, -0.05) is 18.2 Å². The summed E-state index contributed by atoms with van der Waals surface area (Å²) in [6.07, 6.45) is -0.0864. The van der Waals surface area contributed by atoms with Crippen molar-refractivity contribution in [2.24, 2.45) is 0 Å². The van der Waals surface area contributed by atoms with E-state index in [2.05, 4.69) is 16.0 Å². The second-order valence-electron chi connectivity index (χ2n) is 6.97. The van der Waals surface area contributed by atoms with E-state index in [-0.39, 0.29) is 18.0 Å². The van der Waals surface area contributed by atoms with Gasteiger partial charge in [0.1, 0.15) is 5.60 Å². The number of carbonyl (C=O) groups is 2. The number of para-hydroxylation sites is 1.